The van der Waals surface area contributed by atoms with Gasteiger partial charge < -0.3 is 9.32 Å². The van der Waals surface area contributed by atoms with E-state index in [0.29, 0.717) is 18.3 Å². The summed E-state index contributed by atoms with van der Waals surface area (Å²) >= 11 is 1.45. The van der Waals surface area contributed by atoms with Crippen molar-refractivity contribution >= 4 is 17.2 Å². The molecule has 4 rings (SSSR count). The fraction of sp³-hybridized carbons (Fsp3) is 0.263. The number of aromatic nitrogens is 1. The van der Waals surface area contributed by atoms with Crippen LogP contribution in [-0.4, -0.2) is 21.8 Å². The van der Waals surface area contributed by atoms with Gasteiger partial charge in [0.2, 0.25) is 0 Å². The first-order chi connectivity index (χ1) is 11.7. The zero-order chi connectivity index (χ0) is 16.5. The Hall–Kier alpha value is -2.40. The molecule has 0 spiro atoms. The molecule has 4 nitrogen and oxygen atoms in total. The second-order valence-electron chi connectivity index (χ2n) is 6.10. The Morgan fingerprint density at radius 1 is 1.25 bits per heavy atom. The zero-order valence-electron chi connectivity index (χ0n) is 13.4. The van der Waals surface area contributed by atoms with Crippen LogP contribution in [0.5, 0.6) is 0 Å². The van der Waals surface area contributed by atoms with Crippen molar-refractivity contribution in [3.63, 3.8) is 0 Å². The molecule has 0 atom stereocenters. The molecule has 1 aliphatic rings. The van der Waals surface area contributed by atoms with Crippen LogP contribution in [0.3, 0.4) is 0 Å². The number of carbonyl (C=O) groups is 1. The summed E-state index contributed by atoms with van der Waals surface area (Å²) < 4.78 is 5.60. The maximum atomic E-state index is 12.9. The average Bonchev–Trinajstić information content (AvgIpc) is 3.15. The van der Waals surface area contributed by atoms with E-state index >= 15 is 0 Å². The molecule has 3 aromatic rings. The summed E-state index contributed by atoms with van der Waals surface area (Å²) in [5.74, 6) is 1.57. The molecule has 0 radical (unpaired) electrons. The van der Waals surface area contributed by atoms with E-state index in [1.165, 1.54) is 11.3 Å². The topological polar surface area (TPSA) is 46.3 Å². The molecular formula is C19H18N2O2S. The van der Waals surface area contributed by atoms with Gasteiger partial charge in [0, 0.05) is 18.0 Å². The van der Waals surface area contributed by atoms with E-state index in [0.717, 1.165) is 34.9 Å². The van der Waals surface area contributed by atoms with Crippen molar-refractivity contribution in [1.29, 1.82) is 0 Å². The number of amides is 1. The summed E-state index contributed by atoms with van der Waals surface area (Å²) in [5.41, 5.74) is 1.65. The minimum Gasteiger partial charge on any atom is -0.459 e. The Labute approximate surface area is 144 Å². The molecule has 24 heavy (non-hydrogen) atoms. The summed E-state index contributed by atoms with van der Waals surface area (Å²) in [4.78, 5) is 19.4. The normalized spacial score (nSPS) is 13.9. The van der Waals surface area contributed by atoms with Gasteiger partial charge in [0.1, 0.15) is 11.5 Å². The van der Waals surface area contributed by atoms with Gasteiger partial charge in [-0.05, 0) is 37.5 Å². The lowest BCUT2D eigenvalue weighted by Crippen LogP contribution is -2.32. The maximum absolute atomic E-state index is 12.9. The Bertz CT molecular complexity index is 849. The van der Waals surface area contributed by atoms with Crippen molar-refractivity contribution in [2.75, 3.05) is 0 Å². The Morgan fingerprint density at radius 3 is 2.71 bits per heavy atom. The van der Waals surface area contributed by atoms with Gasteiger partial charge in [-0.25, -0.2) is 4.98 Å². The quantitative estimate of drug-likeness (QED) is 0.687. The van der Waals surface area contributed by atoms with Gasteiger partial charge >= 0.3 is 0 Å². The first-order valence-corrected chi connectivity index (χ1v) is 8.96. The third kappa shape index (κ3) is 3.12. The molecule has 0 bridgehead atoms. The first-order valence-electron chi connectivity index (χ1n) is 8.08. The standard InChI is InChI=1S/C19H18N2O2S/c1-13-7-10-17(23-13)18-20-16(12-24-18)19(22)21(15-8-9-15)11-14-5-3-2-4-6-14/h2-7,10,12,15H,8-9,11H2,1H3. The molecule has 0 unspecified atom stereocenters. The highest BCUT2D eigenvalue weighted by molar-refractivity contribution is 7.13. The van der Waals surface area contributed by atoms with Crippen LogP contribution in [0, 0.1) is 6.92 Å². The second-order valence-corrected chi connectivity index (χ2v) is 6.96. The summed E-state index contributed by atoms with van der Waals surface area (Å²) in [7, 11) is 0. The average molecular weight is 338 g/mol. The van der Waals surface area contributed by atoms with Gasteiger partial charge in [-0.1, -0.05) is 30.3 Å². The van der Waals surface area contributed by atoms with Gasteiger partial charge in [0.05, 0.1) is 0 Å². The molecule has 0 aliphatic heterocycles. The number of benzene rings is 1. The third-order valence-electron chi connectivity index (χ3n) is 4.12. The van der Waals surface area contributed by atoms with Crippen LogP contribution in [0.4, 0.5) is 0 Å². The van der Waals surface area contributed by atoms with Crippen molar-refractivity contribution in [1.82, 2.24) is 9.88 Å². The number of furan rings is 1. The Morgan fingerprint density at radius 2 is 2.04 bits per heavy atom. The Balaban J connectivity index is 1.56. The van der Waals surface area contributed by atoms with Crippen molar-refractivity contribution in [3.8, 4) is 10.8 Å². The molecule has 0 saturated heterocycles. The molecule has 1 saturated carbocycles. The minimum absolute atomic E-state index is 0.00660. The van der Waals surface area contributed by atoms with Crippen LogP contribution in [-0.2, 0) is 6.54 Å². The molecule has 5 heteroatoms. The van der Waals surface area contributed by atoms with Gasteiger partial charge in [-0.2, -0.15) is 0 Å². The lowest BCUT2D eigenvalue weighted by Gasteiger charge is -2.21. The summed E-state index contributed by atoms with van der Waals surface area (Å²) in [5, 5.41) is 2.58. The predicted molar refractivity (Wildman–Crippen MR) is 93.9 cm³/mol. The monoisotopic (exact) mass is 338 g/mol. The zero-order valence-corrected chi connectivity index (χ0v) is 14.3. The minimum atomic E-state index is 0.00660. The smallest absolute Gasteiger partial charge is 0.273 e. The lowest BCUT2D eigenvalue weighted by molar-refractivity contribution is 0.0725. The first kappa shape index (κ1) is 15.1. The fourth-order valence-electron chi connectivity index (χ4n) is 2.71. The lowest BCUT2D eigenvalue weighted by atomic mass is 10.2. The molecule has 1 amide bonds. The highest BCUT2D eigenvalue weighted by atomic mass is 32.1. The number of hydrogen-bond donors (Lipinski definition) is 0. The molecule has 2 heterocycles. The van der Waals surface area contributed by atoms with E-state index in [9.17, 15) is 4.79 Å². The number of nitrogens with zero attached hydrogens (tertiary/aromatic N) is 2. The molecule has 2 aromatic heterocycles. The number of thiazole rings is 1. The van der Waals surface area contributed by atoms with E-state index in [-0.39, 0.29) is 5.91 Å². The SMILES string of the molecule is Cc1ccc(-c2nc(C(=O)N(Cc3ccccc3)C3CC3)cs2)o1. The second kappa shape index (κ2) is 6.24. The summed E-state index contributed by atoms with van der Waals surface area (Å²) in [6.45, 7) is 2.54. The number of carbonyl (C=O) groups excluding carboxylic acids is 1. The predicted octanol–water partition coefficient (Wildman–Crippen LogP) is 4.52. The molecule has 0 N–H and O–H groups in total. The van der Waals surface area contributed by atoms with E-state index in [4.69, 9.17) is 4.42 Å². The van der Waals surface area contributed by atoms with Crippen molar-refractivity contribution < 1.29 is 9.21 Å². The Kier molecular flexibility index (Phi) is 3.94. The van der Waals surface area contributed by atoms with E-state index < -0.39 is 0 Å². The number of hydrogen-bond acceptors (Lipinski definition) is 4. The maximum Gasteiger partial charge on any atom is 0.273 e. The van der Waals surface area contributed by atoms with E-state index in [2.05, 4.69) is 17.1 Å². The van der Waals surface area contributed by atoms with Crippen LogP contribution in [0.1, 0.15) is 34.7 Å². The van der Waals surface area contributed by atoms with Crippen LogP contribution < -0.4 is 0 Å². The fourth-order valence-corrected chi connectivity index (χ4v) is 3.47. The highest BCUT2D eigenvalue weighted by Crippen LogP contribution is 2.31. The molecule has 122 valence electrons. The summed E-state index contributed by atoms with van der Waals surface area (Å²) in [6.07, 6.45) is 2.15. The van der Waals surface area contributed by atoms with Crippen LogP contribution in [0.25, 0.3) is 10.8 Å². The molecule has 1 fully saturated rings. The van der Waals surface area contributed by atoms with Crippen molar-refractivity contribution in [2.24, 2.45) is 0 Å². The van der Waals surface area contributed by atoms with Crippen molar-refractivity contribution in [2.45, 2.75) is 32.4 Å². The van der Waals surface area contributed by atoms with Gasteiger partial charge in [0.15, 0.2) is 10.8 Å². The van der Waals surface area contributed by atoms with Crippen LogP contribution in [0.15, 0.2) is 52.3 Å². The highest BCUT2D eigenvalue weighted by Gasteiger charge is 2.34. The van der Waals surface area contributed by atoms with Gasteiger partial charge in [0.25, 0.3) is 5.91 Å². The van der Waals surface area contributed by atoms with E-state index in [1.807, 2.05) is 47.5 Å². The van der Waals surface area contributed by atoms with E-state index in [1.54, 1.807) is 0 Å². The molecular weight excluding hydrogens is 320 g/mol. The number of rotatable bonds is 5. The van der Waals surface area contributed by atoms with Crippen molar-refractivity contribution in [3.05, 3.63) is 64.9 Å². The molecule has 1 aliphatic carbocycles. The van der Waals surface area contributed by atoms with Crippen LogP contribution in [0.2, 0.25) is 0 Å². The van der Waals surface area contributed by atoms with Gasteiger partial charge in [-0.15, -0.1) is 11.3 Å². The summed E-state index contributed by atoms with van der Waals surface area (Å²) in [6, 6.07) is 14.3. The van der Waals surface area contributed by atoms with Gasteiger partial charge in [-0.3, -0.25) is 4.79 Å². The van der Waals surface area contributed by atoms with Crippen LogP contribution >= 0.6 is 11.3 Å². The largest absolute Gasteiger partial charge is 0.459 e. The molecule has 1 aromatic carbocycles. The third-order valence-corrected chi connectivity index (χ3v) is 4.98. The number of aryl methyl sites for hydroxylation is 1.